The third kappa shape index (κ3) is 5.64. The van der Waals surface area contributed by atoms with Crippen molar-refractivity contribution >= 4 is 21.4 Å². The number of sulfonamides is 1. The minimum Gasteiger partial charge on any atom is -0.497 e. The number of ether oxygens (including phenoxy) is 1. The molecule has 5 nitrogen and oxygen atoms in total. The maximum absolute atomic E-state index is 12.9. The van der Waals surface area contributed by atoms with E-state index in [4.69, 9.17) is 4.74 Å². The molecule has 0 fully saturated rings. The SMILES string of the molecule is CCc1nc(C(Cc2ccccc2)NS(=O)(=O)Cc2cccc(OC)c2)cs1. The van der Waals surface area contributed by atoms with Crippen molar-refractivity contribution in [3.05, 3.63) is 81.8 Å². The molecular weight excluding hydrogens is 392 g/mol. The summed E-state index contributed by atoms with van der Waals surface area (Å²) in [4.78, 5) is 4.62. The monoisotopic (exact) mass is 416 g/mol. The van der Waals surface area contributed by atoms with Crippen LogP contribution in [0.2, 0.25) is 0 Å². The average Bonchev–Trinajstić information content (AvgIpc) is 3.17. The summed E-state index contributed by atoms with van der Waals surface area (Å²) in [6.07, 6.45) is 1.38. The van der Waals surface area contributed by atoms with Crippen molar-refractivity contribution in [2.24, 2.45) is 0 Å². The summed E-state index contributed by atoms with van der Waals surface area (Å²) < 4.78 is 33.8. The van der Waals surface area contributed by atoms with Gasteiger partial charge in [-0.1, -0.05) is 49.4 Å². The first-order chi connectivity index (χ1) is 13.5. The summed E-state index contributed by atoms with van der Waals surface area (Å²) >= 11 is 1.56. The Morgan fingerprint density at radius 3 is 2.54 bits per heavy atom. The van der Waals surface area contributed by atoms with Gasteiger partial charge in [0.15, 0.2) is 0 Å². The lowest BCUT2D eigenvalue weighted by Gasteiger charge is -2.17. The second-order valence-corrected chi connectivity index (χ2v) is 9.19. The fourth-order valence-electron chi connectivity index (χ4n) is 2.94. The number of nitrogens with one attached hydrogen (secondary N) is 1. The van der Waals surface area contributed by atoms with Gasteiger partial charge in [-0.3, -0.25) is 0 Å². The van der Waals surface area contributed by atoms with Gasteiger partial charge >= 0.3 is 0 Å². The van der Waals surface area contributed by atoms with E-state index in [9.17, 15) is 8.42 Å². The molecule has 7 heteroatoms. The third-order valence-corrected chi connectivity index (χ3v) is 6.69. The second-order valence-electron chi connectivity index (χ2n) is 6.49. The van der Waals surface area contributed by atoms with Crippen molar-refractivity contribution in [1.82, 2.24) is 9.71 Å². The van der Waals surface area contributed by atoms with Crippen LogP contribution in [0.15, 0.2) is 60.0 Å². The van der Waals surface area contributed by atoms with Crippen LogP contribution in [-0.4, -0.2) is 20.5 Å². The summed E-state index contributed by atoms with van der Waals surface area (Å²) in [5.74, 6) is 0.529. The van der Waals surface area contributed by atoms with Crippen molar-refractivity contribution in [2.45, 2.75) is 31.6 Å². The van der Waals surface area contributed by atoms with Gasteiger partial charge in [0.05, 0.1) is 29.6 Å². The van der Waals surface area contributed by atoms with Gasteiger partial charge in [0.1, 0.15) is 5.75 Å². The van der Waals surface area contributed by atoms with E-state index in [0.717, 1.165) is 22.7 Å². The molecule has 1 heterocycles. The molecule has 0 aliphatic heterocycles. The van der Waals surface area contributed by atoms with Gasteiger partial charge in [-0.15, -0.1) is 11.3 Å². The first kappa shape index (κ1) is 20.5. The van der Waals surface area contributed by atoms with Crippen molar-refractivity contribution in [1.29, 1.82) is 0 Å². The third-order valence-electron chi connectivity index (χ3n) is 4.32. The molecule has 28 heavy (non-hydrogen) atoms. The zero-order valence-electron chi connectivity index (χ0n) is 16.0. The summed E-state index contributed by atoms with van der Waals surface area (Å²) in [5, 5.41) is 2.94. The first-order valence-corrected chi connectivity index (χ1v) is 11.6. The lowest BCUT2D eigenvalue weighted by atomic mass is 10.1. The Balaban J connectivity index is 1.82. The fraction of sp³-hybridized carbons (Fsp3) is 0.286. The Bertz CT molecular complexity index is 1000. The predicted molar refractivity (Wildman–Crippen MR) is 113 cm³/mol. The molecule has 0 bridgehead atoms. The minimum absolute atomic E-state index is 0.111. The highest BCUT2D eigenvalue weighted by Crippen LogP contribution is 2.23. The highest BCUT2D eigenvalue weighted by molar-refractivity contribution is 7.88. The molecule has 0 aliphatic rings. The molecule has 0 spiro atoms. The van der Waals surface area contributed by atoms with Gasteiger partial charge in [-0.2, -0.15) is 0 Å². The quantitative estimate of drug-likeness (QED) is 0.570. The van der Waals surface area contributed by atoms with Crippen molar-refractivity contribution in [2.75, 3.05) is 7.11 Å². The zero-order chi connectivity index (χ0) is 20.0. The highest BCUT2D eigenvalue weighted by Gasteiger charge is 2.23. The summed E-state index contributed by atoms with van der Waals surface area (Å²) in [7, 11) is -2.00. The smallest absolute Gasteiger partial charge is 0.216 e. The Labute approximate surface area is 170 Å². The number of aryl methyl sites for hydroxylation is 1. The average molecular weight is 417 g/mol. The van der Waals surface area contributed by atoms with Crippen LogP contribution in [0.5, 0.6) is 5.75 Å². The van der Waals surface area contributed by atoms with Crippen LogP contribution in [0.1, 0.15) is 34.8 Å². The van der Waals surface area contributed by atoms with Crippen LogP contribution in [-0.2, 0) is 28.6 Å². The van der Waals surface area contributed by atoms with E-state index in [1.807, 2.05) is 42.6 Å². The maximum Gasteiger partial charge on any atom is 0.216 e. The van der Waals surface area contributed by atoms with Crippen LogP contribution in [0.3, 0.4) is 0 Å². The van der Waals surface area contributed by atoms with Crippen LogP contribution in [0, 0.1) is 0 Å². The Kier molecular flexibility index (Phi) is 6.83. The number of benzene rings is 2. The topological polar surface area (TPSA) is 68.3 Å². The zero-order valence-corrected chi connectivity index (χ0v) is 17.6. The fourth-order valence-corrected chi connectivity index (χ4v) is 5.08. The molecule has 2 aromatic carbocycles. The van der Waals surface area contributed by atoms with Crippen molar-refractivity contribution < 1.29 is 13.2 Å². The molecule has 1 atom stereocenters. The van der Waals surface area contributed by atoms with E-state index in [1.54, 1.807) is 42.7 Å². The van der Waals surface area contributed by atoms with Crippen LogP contribution in [0.25, 0.3) is 0 Å². The molecule has 1 aromatic heterocycles. The van der Waals surface area contributed by atoms with Crippen LogP contribution in [0.4, 0.5) is 0 Å². The summed E-state index contributed by atoms with van der Waals surface area (Å²) in [6.45, 7) is 2.04. The van der Waals surface area contributed by atoms with E-state index in [-0.39, 0.29) is 5.75 Å². The standard InChI is InChI=1S/C21H24N2O3S2/c1-3-21-22-20(14-27-21)19(13-16-8-5-4-6-9-16)23-28(24,25)15-17-10-7-11-18(12-17)26-2/h4-12,14,19,23H,3,13,15H2,1-2H3. The Morgan fingerprint density at radius 1 is 1.11 bits per heavy atom. The highest BCUT2D eigenvalue weighted by atomic mass is 32.2. The number of rotatable bonds is 9. The van der Waals surface area contributed by atoms with E-state index >= 15 is 0 Å². The van der Waals surface area contributed by atoms with Crippen LogP contribution >= 0.6 is 11.3 Å². The minimum atomic E-state index is -3.57. The molecule has 1 unspecified atom stereocenters. The molecule has 1 N–H and O–H groups in total. The normalized spacial score (nSPS) is 12.6. The van der Waals surface area contributed by atoms with Gasteiger partial charge in [-0.05, 0) is 36.1 Å². The Hall–Kier alpha value is -2.22. The molecule has 3 rings (SSSR count). The molecule has 0 aliphatic carbocycles. The van der Waals surface area contributed by atoms with Gasteiger partial charge in [0.25, 0.3) is 0 Å². The number of hydrogen-bond acceptors (Lipinski definition) is 5. The molecule has 0 saturated heterocycles. The second kappa shape index (κ2) is 9.32. The molecule has 148 valence electrons. The van der Waals surface area contributed by atoms with Crippen LogP contribution < -0.4 is 9.46 Å². The predicted octanol–water partition coefficient (Wildman–Crippen LogP) is 4.12. The lowest BCUT2D eigenvalue weighted by Crippen LogP contribution is -2.31. The number of aromatic nitrogens is 1. The van der Waals surface area contributed by atoms with E-state index in [2.05, 4.69) is 9.71 Å². The number of thiazole rings is 1. The number of methoxy groups -OCH3 is 1. The summed E-state index contributed by atoms with van der Waals surface area (Å²) in [5.41, 5.74) is 2.50. The first-order valence-electron chi connectivity index (χ1n) is 9.10. The molecule has 0 amide bonds. The van der Waals surface area contributed by atoms with Crippen molar-refractivity contribution in [3.63, 3.8) is 0 Å². The van der Waals surface area contributed by atoms with E-state index < -0.39 is 16.1 Å². The largest absolute Gasteiger partial charge is 0.497 e. The van der Waals surface area contributed by atoms with Gasteiger partial charge in [0, 0.05) is 5.38 Å². The Morgan fingerprint density at radius 2 is 1.86 bits per heavy atom. The van der Waals surface area contributed by atoms with Gasteiger partial charge in [0.2, 0.25) is 10.0 Å². The lowest BCUT2D eigenvalue weighted by molar-refractivity contribution is 0.414. The number of hydrogen-bond donors (Lipinski definition) is 1. The number of nitrogens with zero attached hydrogens (tertiary/aromatic N) is 1. The van der Waals surface area contributed by atoms with Gasteiger partial charge < -0.3 is 4.74 Å². The van der Waals surface area contributed by atoms with Crippen molar-refractivity contribution in [3.8, 4) is 5.75 Å². The maximum atomic E-state index is 12.9. The molecule has 0 radical (unpaired) electrons. The van der Waals surface area contributed by atoms with Gasteiger partial charge in [-0.25, -0.2) is 18.1 Å². The molecule has 0 saturated carbocycles. The molecule has 3 aromatic rings. The summed E-state index contributed by atoms with van der Waals surface area (Å²) in [6, 6.07) is 16.6. The van der Waals surface area contributed by atoms with E-state index in [1.165, 1.54) is 0 Å². The van der Waals surface area contributed by atoms with E-state index in [0.29, 0.717) is 17.7 Å². The molecular formula is C21H24N2O3S2.